The molecule has 0 fully saturated rings. The number of ether oxygens (including phenoxy) is 4. The normalized spacial score (nSPS) is 16.2. The first kappa shape index (κ1) is 17.1. The number of hydrazone groups is 1. The molecule has 25 heavy (non-hydrogen) atoms. The molecule has 0 saturated heterocycles. The fourth-order valence-corrected chi connectivity index (χ4v) is 3.24. The minimum Gasteiger partial charge on any atom is -0.493 e. The van der Waals surface area contributed by atoms with E-state index in [1.165, 1.54) is 44.6 Å². The predicted octanol–water partition coefficient (Wildman–Crippen LogP) is 3.01. The summed E-state index contributed by atoms with van der Waals surface area (Å²) in [5.74, 6) is 1.55. The molecule has 1 unspecified atom stereocenters. The molecule has 7 nitrogen and oxygen atoms in total. The maximum absolute atomic E-state index is 11.9. The number of nitrogens with zero attached hydrogens (tertiary/aromatic N) is 2. The van der Waals surface area contributed by atoms with Gasteiger partial charge in [0, 0.05) is 12.5 Å². The molecular formula is C17H18N2O5S. The van der Waals surface area contributed by atoms with Crippen molar-refractivity contribution >= 4 is 23.1 Å². The van der Waals surface area contributed by atoms with Crippen LogP contribution < -0.4 is 14.2 Å². The molecule has 0 radical (unpaired) electrons. The van der Waals surface area contributed by atoms with Gasteiger partial charge < -0.3 is 18.9 Å². The molecule has 0 spiro atoms. The lowest BCUT2D eigenvalue weighted by Crippen LogP contribution is -2.24. The third-order valence-electron chi connectivity index (χ3n) is 3.66. The van der Waals surface area contributed by atoms with Gasteiger partial charge in [0.2, 0.25) is 23.8 Å². The Hall–Kier alpha value is -2.74. The Kier molecular flexibility index (Phi) is 4.80. The van der Waals surface area contributed by atoms with E-state index in [2.05, 4.69) is 5.10 Å². The first-order chi connectivity index (χ1) is 12.1. The Morgan fingerprint density at radius 2 is 1.88 bits per heavy atom. The third kappa shape index (κ3) is 3.12. The molecule has 1 aromatic carbocycles. The number of hydrogen-bond acceptors (Lipinski definition) is 7. The number of methoxy groups -OCH3 is 3. The highest BCUT2D eigenvalue weighted by atomic mass is 32.1. The number of benzene rings is 1. The first-order valence-corrected chi connectivity index (χ1v) is 8.35. The fraction of sp³-hybridized carbons (Fsp3) is 0.294. The summed E-state index contributed by atoms with van der Waals surface area (Å²) in [6.07, 6.45) is -0.577. The van der Waals surface area contributed by atoms with Crippen LogP contribution in [0, 0.1) is 0 Å². The van der Waals surface area contributed by atoms with Gasteiger partial charge in [-0.25, -0.2) is 0 Å². The Bertz CT molecular complexity index is 778. The van der Waals surface area contributed by atoms with Crippen molar-refractivity contribution in [2.75, 3.05) is 21.3 Å². The van der Waals surface area contributed by atoms with Gasteiger partial charge >= 0.3 is 0 Å². The topological polar surface area (TPSA) is 69.6 Å². The van der Waals surface area contributed by atoms with Crippen LogP contribution in [0.2, 0.25) is 0 Å². The van der Waals surface area contributed by atoms with Crippen LogP contribution >= 0.6 is 11.3 Å². The van der Waals surface area contributed by atoms with E-state index < -0.39 is 6.23 Å². The Morgan fingerprint density at radius 1 is 1.20 bits per heavy atom. The Balaban J connectivity index is 2.01. The summed E-state index contributed by atoms with van der Waals surface area (Å²) >= 11 is 1.50. The van der Waals surface area contributed by atoms with E-state index in [9.17, 15) is 4.79 Å². The zero-order valence-corrected chi connectivity index (χ0v) is 15.1. The molecular weight excluding hydrogens is 344 g/mol. The molecule has 0 saturated carbocycles. The lowest BCUT2D eigenvalue weighted by Gasteiger charge is -2.17. The van der Waals surface area contributed by atoms with Crippen LogP contribution in [-0.4, -0.2) is 38.1 Å². The van der Waals surface area contributed by atoms with Crippen molar-refractivity contribution in [1.29, 1.82) is 0 Å². The van der Waals surface area contributed by atoms with Gasteiger partial charge in [-0.15, -0.1) is 16.4 Å². The van der Waals surface area contributed by atoms with E-state index in [-0.39, 0.29) is 5.91 Å². The molecule has 2 aromatic rings. The molecule has 1 aliphatic rings. The van der Waals surface area contributed by atoms with Gasteiger partial charge in [-0.05, 0) is 23.6 Å². The van der Waals surface area contributed by atoms with Crippen LogP contribution in [0.4, 0.5) is 0 Å². The summed E-state index contributed by atoms with van der Waals surface area (Å²) in [7, 11) is 4.61. The summed E-state index contributed by atoms with van der Waals surface area (Å²) in [4.78, 5) is 12.8. The minimum atomic E-state index is -0.577. The predicted molar refractivity (Wildman–Crippen MR) is 93.3 cm³/mol. The number of thiophene rings is 1. The van der Waals surface area contributed by atoms with Crippen molar-refractivity contribution in [3.63, 3.8) is 0 Å². The maximum atomic E-state index is 11.9. The van der Waals surface area contributed by atoms with Crippen LogP contribution in [0.5, 0.6) is 17.2 Å². The monoisotopic (exact) mass is 362 g/mol. The SMILES string of the molecule is COc1cc(C2=NN(C(C)=O)C(c3cccs3)O2)cc(OC)c1OC. The van der Waals surface area contributed by atoms with E-state index in [0.29, 0.717) is 28.7 Å². The Labute approximate surface area is 149 Å². The van der Waals surface area contributed by atoms with Crippen molar-refractivity contribution < 1.29 is 23.7 Å². The smallest absolute Gasteiger partial charge is 0.243 e. The Morgan fingerprint density at radius 3 is 2.36 bits per heavy atom. The third-order valence-corrected chi connectivity index (χ3v) is 4.57. The van der Waals surface area contributed by atoms with E-state index in [0.717, 1.165) is 4.88 Å². The second-order valence-electron chi connectivity index (χ2n) is 5.17. The molecule has 8 heteroatoms. The maximum Gasteiger partial charge on any atom is 0.243 e. The average molecular weight is 362 g/mol. The number of amides is 1. The van der Waals surface area contributed by atoms with Crippen molar-refractivity contribution in [3.05, 3.63) is 40.1 Å². The van der Waals surface area contributed by atoms with Crippen LogP contribution in [0.15, 0.2) is 34.7 Å². The van der Waals surface area contributed by atoms with E-state index in [4.69, 9.17) is 18.9 Å². The molecule has 0 N–H and O–H groups in total. The van der Waals surface area contributed by atoms with Gasteiger partial charge in [0.1, 0.15) is 0 Å². The van der Waals surface area contributed by atoms with Gasteiger partial charge in [-0.2, -0.15) is 5.01 Å². The zero-order valence-electron chi connectivity index (χ0n) is 14.3. The second kappa shape index (κ2) is 7.02. The quantitative estimate of drug-likeness (QED) is 0.818. The standard InChI is InChI=1S/C17H18N2O5S/c1-10(20)19-17(14-6-5-7-25-14)24-16(18-19)11-8-12(21-2)15(23-4)13(9-11)22-3/h5-9,17H,1-4H3. The molecule has 0 bridgehead atoms. The highest BCUT2D eigenvalue weighted by Crippen LogP contribution is 2.40. The summed E-state index contributed by atoms with van der Waals surface area (Å²) in [6.45, 7) is 1.45. The van der Waals surface area contributed by atoms with Crippen LogP contribution in [0.25, 0.3) is 0 Å². The molecule has 1 aliphatic heterocycles. The van der Waals surface area contributed by atoms with Crippen molar-refractivity contribution in [2.24, 2.45) is 5.10 Å². The fourth-order valence-electron chi connectivity index (χ4n) is 2.51. The average Bonchev–Trinajstić information content (AvgIpc) is 3.29. The highest BCUT2D eigenvalue weighted by molar-refractivity contribution is 7.10. The van der Waals surface area contributed by atoms with Crippen LogP contribution in [-0.2, 0) is 9.53 Å². The second-order valence-corrected chi connectivity index (χ2v) is 6.15. The van der Waals surface area contributed by atoms with Gasteiger partial charge in [0.15, 0.2) is 11.5 Å². The number of carbonyl (C=O) groups excluding carboxylic acids is 1. The van der Waals surface area contributed by atoms with Gasteiger partial charge in [0.05, 0.1) is 26.2 Å². The molecule has 3 rings (SSSR count). The summed E-state index contributed by atoms with van der Waals surface area (Å²) in [6, 6.07) is 7.27. The van der Waals surface area contributed by atoms with Crippen molar-refractivity contribution in [1.82, 2.24) is 5.01 Å². The highest BCUT2D eigenvalue weighted by Gasteiger charge is 2.34. The molecule has 1 amide bonds. The number of rotatable bonds is 5. The van der Waals surface area contributed by atoms with E-state index >= 15 is 0 Å². The molecule has 132 valence electrons. The van der Waals surface area contributed by atoms with Crippen LogP contribution in [0.3, 0.4) is 0 Å². The molecule has 0 aliphatic carbocycles. The summed E-state index contributed by atoms with van der Waals surface area (Å²) < 4.78 is 22.0. The van der Waals surface area contributed by atoms with Crippen molar-refractivity contribution in [2.45, 2.75) is 13.2 Å². The van der Waals surface area contributed by atoms with Gasteiger partial charge in [-0.3, -0.25) is 4.79 Å². The van der Waals surface area contributed by atoms with Gasteiger partial charge in [-0.1, -0.05) is 6.07 Å². The molecule has 2 heterocycles. The molecule has 1 atom stereocenters. The lowest BCUT2D eigenvalue weighted by molar-refractivity contribution is -0.135. The summed E-state index contributed by atoms with van der Waals surface area (Å²) in [5.41, 5.74) is 0.625. The summed E-state index contributed by atoms with van der Waals surface area (Å²) in [5, 5.41) is 7.58. The van der Waals surface area contributed by atoms with Crippen LogP contribution in [0.1, 0.15) is 23.6 Å². The number of hydrogen-bond donors (Lipinski definition) is 0. The molecule has 1 aromatic heterocycles. The first-order valence-electron chi connectivity index (χ1n) is 7.48. The zero-order chi connectivity index (χ0) is 18.0. The van der Waals surface area contributed by atoms with Crippen molar-refractivity contribution in [3.8, 4) is 17.2 Å². The minimum absolute atomic E-state index is 0.208. The van der Waals surface area contributed by atoms with E-state index in [1.807, 2.05) is 17.5 Å². The van der Waals surface area contributed by atoms with Gasteiger partial charge in [0.25, 0.3) is 0 Å². The number of carbonyl (C=O) groups is 1. The lowest BCUT2D eigenvalue weighted by atomic mass is 10.2. The van der Waals surface area contributed by atoms with E-state index in [1.54, 1.807) is 12.1 Å². The largest absolute Gasteiger partial charge is 0.493 e.